The zero-order valence-electron chi connectivity index (χ0n) is 16.4. The maximum atomic E-state index is 12.9. The number of aryl methyl sites for hydroxylation is 1. The minimum Gasteiger partial charge on any atom is -0.348 e. The SMILES string of the molecule is O=C(Cn1cnc2c(cnn2-c2ccccc2)c1=O)NC1CCCc2ccccc21. The van der Waals surface area contributed by atoms with Gasteiger partial charge in [-0.1, -0.05) is 42.5 Å². The predicted octanol–water partition coefficient (Wildman–Crippen LogP) is 2.78. The van der Waals surface area contributed by atoms with Crippen LogP contribution in [-0.4, -0.2) is 25.2 Å². The number of amides is 1. The second kappa shape index (κ2) is 7.59. The summed E-state index contributed by atoms with van der Waals surface area (Å²) in [6, 6.07) is 17.7. The molecule has 0 saturated carbocycles. The minimum atomic E-state index is -0.277. The van der Waals surface area contributed by atoms with E-state index in [2.05, 4.69) is 27.5 Å². The Balaban J connectivity index is 1.38. The van der Waals surface area contributed by atoms with Crippen LogP contribution in [0.2, 0.25) is 0 Å². The molecule has 7 nitrogen and oxygen atoms in total. The van der Waals surface area contributed by atoms with Crippen LogP contribution < -0.4 is 10.9 Å². The normalized spacial score (nSPS) is 15.7. The van der Waals surface area contributed by atoms with Crippen molar-refractivity contribution in [2.45, 2.75) is 31.8 Å². The lowest BCUT2D eigenvalue weighted by Crippen LogP contribution is -2.36. The highest BCUT2D eigenvalue weighted by Crippen LogP contribution is 2.29. The highest BCUT2D eigenvalue weighted by Gasteiger charge is 2.22. The van der Waals surface area contributed by atoms with Crippen LogP contribution in [0.1, 0.15) is 30.0 Å². The number of carbonyl (C=O) groups is 1. The van der Waals surface area contributed by atoms with E-state index < -0.39 is 0 Å². The number of hydrogen-bond acceptors (Lipinski definition) is 4. The van der Waals surface area contributed by atoms with Crippen molar-refractivity contribution < 1.29 is 4.79 Å². The van der Waals surface area contributed by atoms with Gasteiger partial charge in [0.2, 0.25) is 5.91 Å². The van der Waals surface area contributed by atoms with Gasteiger partial charge in [0, 0.05) is 0 Å². The second-order valence-electron chi connectivity index (χ2n) is 7.52. The Hall–Kier alpha value is -3.74. The molecule has 2 aromatic heterocycles. The summed E-state index contributed by atoms with van der Waals surface area (Å²) in [5.74, 6) is -0.199. The van der Waals surface area contributed by atoms with Crippen molar-refractivity contribution in [1.29, 1.82) is 0 Å². The summed E-state index contributed by atoms with van der Waals surface area (Å²) in [5.41, 5.74) is 3.47. The molecule has 0 aliphatic heterocycles. The number of nitrogens with zero attached hydrogens (tertiary/aromatic N) is 4. The van der Waals surface area contributed by atoms with Crippen molar-refractivity contribution in [3.05, 3.63) is 88.6 Å². The van der Waals surface area contributed by atoms with Crippen molar-refractivity contribution in [1.82, 2.24) is 24.6 Å². The zero-order valence-corrected chi connectivity index (χ0v) is 16.4. The second-order valence-corrected chi connectivity index (χ2v) is 7.52. The standard InChI is InChI=1S/C23H21N5O2/c29-21(26-20-12-6-8-16-7-4-5-11-18(16)20)14-27-15-24-22-19(23(27)30)13-25-28(22)17-9-2-1-3-10-17/h1-5,7,9-11,13,15,20H,6,8,12,14H2,(H,26,29). The number of nitrogens with one attached hydrogen (secondary N) is 1. The highest BCUT2D eigenvalue weighted by molar-refractivity contribution is 5.78. The van der Waals surface area contributed by atoms with Crippen molar-refractivity contribution in [2.75, 3.05) is 0 Å². The van der Waals surface area contributed by atoms with E-state index >= 15 is 0 Å². The van der Waals surface area contributed by atoms with Crippen LogP contribution in [0.15, 0.2) is 71.9 Å². The molecule has 30 heavy (non-hydrogen) atoms. The van der Waals surface area contributed by atoms with Crippen molar-refractivity contribution in [3.63, 3.8) is 0 Å². The molecule has 1 atom stereocenters. The molecule has 0 fully saturated rings. The molecule has 2 aromatic carbocycles. The van der Waals surface area contributed by atoms with E-state index in [1.807, 2.05) is 42.5 Å². The monoisotopic (exact) mass is 399 g/mol. The molecule has 5 rings (SSSR count). The summed E-state index contributed by atoms with van der Waals surface area (Å²) in [6.45, 7) is -0.0725. The lowest BCUT2D eigenvalue weighted by atomic mass is 9.88. The summed E-state index contributed by atoms with van der Waals surface area (Å²) in [7, 11) is 0. The number of rotatable bonds is 4. The number of para-hydroxylation sites is 1. The number of aromatic nitrogens is 4. The Labute approximate surface area is 173 Å². The van der Waals surface area contributed by atoms with Gasteiger partial charge in [-0.3, -0.25) is 14.2 Å². The van der Waals surface area contributed by atoms with E-state index in [1.165, 1.54) is 28.2 Å². The first-order chi connectivity index (χ1) is 14.7. The van der Waals surface area contributed by atoms with Gasteiger partial charge >= 0.3 is 0 Å². The third kappa shape index (κ3) is 3.28. The van der Waals surface area contributed by atoms with Crippen molar-refractivity contribution in [3.8, 4) is 5.69 Å². The highest BCUT2D eigenvalue weighted by atomic mass is 16.2. The first-order valence-corrected chi connectivity index (χ1v) is 10.1. The molecule has 1 amide bonds. The van der Waals surface area contributed by atoms with E-state index in [4.69, 9.17) is 0 Å². The largest absolute Gasteiger partial charge is 0.348 e. The van der Waals surface area contributed by atoms with Gasteiger partial charge in [0.1, 0.15) is 18.3 Å². The number of carbonyl (C=O) groups excluding carboxylic acids is 1. The van der Waals surface area contributed by atoms with Crippen molar-refractivity contribution >= 4 is 16.9 Å². The maximum Gasteiger partial charge on any atom is 0.264 e. The fourth-order valence-electron chi connectivity index (χ4n) is 4.12. The van der Waals surface area contributed by atoms with E-state index in [1.54, 1.807) is 4.68 Å². The number of hydrogen-bond donors (Lipinski definition) is 1. The molecule has 4 aromatic rings. The molecule has 0 spiro atoms. The van der Waals surface area contributed by atoms with E-state index in [0.717, 1.165) is 24.9 Å². The van der Waals surface area contributed by atoms with Gasteiger partial charge in [0.15, 0.2) is 5.65 Å². The quantitative estimate of drug-likeness (QED) is 0.572. The fourth-order valence-corrected chi connectivity index (χ4v) is 4.12. The van der Waals surface area contributed by atoms with Crippen LogP contribution in [0.4, 0.5) is 0 Å². The van der Waals surface area contributed by atoms with Gasteiger partial charge in [0.25, 0.3) is 5.56 Å². The Kier molecular flexibility index (Phi) is 4.63. The van der Waals surface area contributed by atoms with Gasteiger partial charge < -0.3 is 5.32 Å². The van der Waals surface area contributed by atoms with E-state index in [0.29, 0.717) is 11.0 Å². The van der Waals surface area contributed by atoms with E-state index in [-0.39, 0.29) is 24.1 Å². The fraction of sp³-hybridized carbons (Fsp3) is 0.217. The zero-order chi connectivity index (χ0) is 20.5. The minimum absolute atomic E-state index is 0.0179. The molecule has 1 unspecified atom stereocenters. The molecule has 1 N–H and O–H groups in total. The van der Waals surface area contributed by atoms with Gasteiger partial charge in [-0.25, -0.2) is 9.67 Å². The summed E-state index contributed by atoms with van der Waals surface area (Å²) in [4.78, 5) is 30.0. The van der Waals surface area contributed by atoms with Gasteiger partial charge in [0.05, 0.1) is 17.9 Å². The Morgan fingerprint density at radius 1 is 1.10 bits per heavy atom. The molecule has 0 radical (unpaired) electrons. The number of benzene rings is 2. The smallest absolute Gasteiger partial charge is 0.264 e. The van der Waals surface area contributed by atoms with Crippen LogP contribution in [0.3, 0.4) is 0 Å². The summed E-state index contributed by atoms with van der Waals surface area (Å²) in [6.07, 6.45) is 5.89. The Bertz CT molecular complexity index is 1280. The van der Waals surface area contributed by atoms with Gasteiger partial charge in [-0.05, 0) is 42.5 Å². The first kappa shape index (κ1) is 18.3. The Morgan fingerprint density at radius 3 is 2.77 bits per heavy atom. The van der Waals surface area contributed by atoms with E-state index in [9.17, 15) is 9.59 Å². The first-order valence-electron chi connectivity index (χ1n) is 10.1. The topological polar surface area (TPSA) is 81.8 Å². The molecule has 0 saturated heterocycles. The molecule has 1 aliphatic carbocycles. The molecular formula is C23H21N5O2. The third-order valence-corrected chi connectivity index (χ3v) is 5.57. The predicted molar refractivity (Wildman–Crippen MR) is 113 cm³/mol. The van der Waals surface area contributed by atoms with Crippen LogP contribution in [0, 0.1) is 0 Å². The molecular weight excluding hydrogens is 378 g/mol. The summed E-state index contributed by atoms with van der Waals surface area (Å²) < 4.78 is 2.96. The van der Waals surface area contributed by atoms with Crippen LogP contribution >= 0.6 is 0 Å². The van der Waals surface area contributed by atoms with Gasteiger partial charge in [-0.2, -0.15) is 5.10 Å². The average molecular weight is 399 g/mol. The molecule has 0 bridgehead atoms. The van der Waals surface area contributed by atoms with Crippen LogP contribution in [0.25, 0.3) is 16.7 Å². The van der Waals surface area contributed by atoms with Crippen molar-refractivity contribution in [2.24, 2.45) is 0 Å². The molecule has 2 heterocycles. The molecule has 1 aliphatic rings. The summed E-state index contributed by atoms with van der Waals surface area (Å²) >= 11 is 0. The Morgan fingerprint density at radius 2 is 1.90 bits per heavy atom. The van der Waals surface area contributed by atoms with Crippen LogP contribution in [0.5, 0.6) is 0 Å². The van der Waals surface area contributed by atoms with Gasteiger partial charge in [-0.15, -0.1) is 0 Å². The lowest BCUT2D eigenvalue weighted by Gasteiger charge is -2.26. The third-order valence-electron chi connectivity index (χ3n) is 5.57. The number of fused-ring (bicyclic) bond motifs is 2. The molecule has 7 heteroatoms. The average Bonchev–Trinajstić information content (AvgIpc) is 3.21. The lowest BCUT2D eigenvalue weighted by molar-refractivity contribution is -0.122. The summed E-state index contributed by atoms with van der Waals surface area (Å²) in [5, 5.41) is 7.77. The van der Waals surface area contributed by atoms with Crippen LogP contribution in [-0.2, 0) is 17.8 Å². The maximum absolute atomic E-state index is 12.9. The molecule has 150 valence electrons.